The summed E-state index contributed by atoms with van der Waals surface area (Å²) in [5.74, 6) is -0.771. The zero-order valence-electron chi connectivity index (χ0n) is 13.5. The number of fused-ring (bicyclic) bond motifs is 1. The molecule has 1 aromatic heterocycles. The van der Waals surface area contributed by atoms with Gasteiger partial charge in [0.2, 0.25) is 5.67 Å². The third-order valence-electron chi connectivity index (χ3n) is 4.48. The highest BCUT2D eigenvalue weighted by molar-refractivity contribution is 6.35. The van der Waals surface area contributed by atoms with E-state index in [2.05, 4.69) is 10.3 Å². The lowest BCUT2D eigenvalue weighted by molar-refractivity contribution is -0.136. The van der Waals surface area contributed by atoms with Crippen molar-refractivity contribution >= 4 is 29.1 Å². The Morgan fingerprint density at radius 2 is 2.20 bits per heavy atom. The molecule has 0 aliphatic heterocycles. The lowest BCUT2D eigenvalue weighted by Crippen LogP contribution is -2.45. The molecule has 1 amide bonds. The van der Waals surface area contributed by atoms with Gasteiger partial charge in [0.05, 0.1) is 17.8 Å². The summed E-state index contributed by atoms with van der Waals surface area (Å²) < 4.78 is 15.6. The molecular formula is C18H17Cl2FN2O2. The molecule has 0 spiro atoms. The topological polar surface area (TPSA) is 62.2 Å². The first-order chi connectivity index (χ1) is 11.8. The van der Waals surface area contributed by atoms with E-state index >= 15 is 4.39 Å². The minimum absolute atomic E-state index is 0.111. The fourth-order valence-electron chi connectivity index (χ4n) is 3.10. The number of carbonyl (C=O) groups is 1. The molecule has 4 nitrogen and oxygen atoms in total. The smallest absolute Gasteiger partial charge is 0.262 e. The summed E-state index contributed by atoms with van der Waals surface area (Å²) in [4.78, 5) is 16.7. The fourth-order valence-corrected chi connectivity index (χ4v) is 3.67. The Labute approximate surface area is 155 Å². The summed E-state index contributed by atoms with van der Waals surface area (Å²) in [5.41, 5.74) is -1.27. The van der Waals surface area contributed by atoms with Crippen molar-refractivity contribution in [1.82, 2.24) is 10.3 Å². The van der Waals surface area contributed by atoms with Gasteiger partial charge in [0.1, 0.15) is 0 Å². The van der Waals surface area contributed by atoms with Crippen LogP contribution >= 0.6 is 23.2 Å². The largest absolute Gasteiger partial charge is 0.387 e. The molecule has 0 saturated heterocycles. The quantitative estimate of drug-likeness (QED) is 0.833. The van der Waals surface area contributed by atoms with E-state index in [9.17, 15) is 9.90 Å². The van der Waals surface area contributed by atoms with E-state index in [1.807, 2.05) is 0 Å². The van der Waals surface area contributed by atoms with Gasteiger partial charge < -0.3 is 10.4 Å². The van der Waals surface area contributed by atoms with Gasteiger partial charge in [-0.15, -0.1) is 0 Å². The summed E-state index contributed by atoms with van der Waals surface area (Å²) in [6.45, 7) is 1.72. The van der Waals surface area contributed by atoms with Crippen LogP contribution in [0.5, 0.6) is 0 Å². The van der Waals surface area contributed by atoms with Crippen molar-refractivity contribution in [2.75, 3.05) is 0 Å². The van der Waals surface area contributed by atoms with Crippen LogP contribution in [0.15, 0.2) is 36.5 Å². The number of hydrogen-bond donors (Lipinski definition) is 2. The molecule has 0 saturated carbocycles. The van der Waals surface area contributed by atoms with Crippen LogP contribution in [-0.2, 0) is 10.5 Å². The average Bonchev–Trinajstić information content (AvgIpc) is 2.58. The molecule has 0 unspecified atom stereocenters. The number of hydrogen-bond acceptors (Lipinski definition) is 3. The monoisotopic (exact) mass is 382 g/mol. The minimum Gasteiger partial charge on any atom is -0.387 e. The first-order valence-electron chi connectivity index (χ1n) is 7.91. The second-order valence-electron chi connectivity index (χ2n) is 6.15. The number of aliphatic hydroxyl groups excluding tert-OH is 1. The molecule has 3 rings (SSSR count). The van der Waals surface area contributed by atoms with Gasteiger partial charge in [0.25, 0.3) is 5.91 Å². The summed E-state index contributed by atoms with van der Waals surface area (Å²) in [5, 5.41) is 13.6. The van der Waals surface area contributed by atoms with E-state index in [1.54, 1.807) is 31.2 Å². The second kappa shape index (κ2) is 6.90. The summed E-state index contributed by atoms with van der Waals surface area (Å²) in [6.07, 6.45) is 0.627. The zero-order valence-corrected chi connectivity index (χ0v) is 15.0. The van der Waals surface area contributed by atoms with E-state index in [0.717, 1.165) is 0 Å². The highest BCUT2D eigenvalue weighted by atomic mass is 35.5. The Kier molecular flexibility index (Phi) is 5.00. The van der Waals surface area contributed by atoms with Crippen molar-refractivity contribution in [3.8, 4) is 0 Å². The first kappa shape index (κ1) is 18.1. The molecule has 1 aliphatic rings. The van der Waals surface area contributed by atoms with E-state index in [0.29, 0.717) is 15.6 Å². The summed E-state index contributed by atoms with van der Waals surface area (Å²) >= 11 is 12.0. The maximum absolute atomic E-state index is 15.6. The number of nitrogens with one attached hydrogen (secondary N) is 1. The van der Waals surface area contributed by atoms with E-state index in [-0.39, 0.29) is 24.1 Å². The number of aliphatic hydroxyl groups is 1. The van der Waals surface area contributed by atoms with Crippen molar-refractivity contribution < 1.29 is 14.3 Å². The molecule has 1 aromatic carbocycles. The van der Waals surface area contributed by atoms with E-state index < -0.39 is 23.7 Å². The minimum atomic E-state index is -2.24. The summed E-state index contributed by atoms with van der Waals surface area (Å²) in [7, 11) is 0. The Morgan fingerprint density at radius 1 is 1.44 bits per heavy atom. The Bertz CT molecular complexity index is 817. The van der Waals surface area contributed by atoms with Crippen molar-refractivity contribution in [1.29, 1.82) is 0 Å². The third kappa shape index (κ3) is 3.36. The van der Waals surface area contributed by atoms with E-state index in [4.69, 9.17) is 23.2 Å². The van der Waals surface area contributed by atoms with Crippen LogP contribution < -0.4 is 5.32 Å². The zero-order chi connectivity index (χ0) is 18.2. The molecule has 0 fully saturated rings. The van der Waals surface area contributed by atoms with Gasteiger partial charge >= 0.3 is 0 Å². The van der Waals surface area contributed by atoms with E-state index in [1.165, 1.54) is 12.3 Å². The first-order valence-corrected chi connectivity index (χ1v) is 8.67. The number of amides is 1. The number of pyridine rings is 1. The molecule has 1 heterocycles. The van der Waals surface area contributed by atoms with Crippen LogP contribution in [0, 0.1) is 0 Å². The number of rotatable bonds is 3. The lowest BCUT2D eigenvalue weighted by Gasteiger charge is -2.33. The molecule has 7 heteroatoms. The van der Waals surface area contributed by atoms with Gasteiger partial charge in [-0.1, -0.05) is 35.3 Å². The molecule has 25 heavy (non-hydrogen) atoms. The molecule has 1 aliphatic carbocycles. The molecule has 0 radical (unpaired) electrons. The number of benzene rings is 1. The molecule has 132 valence electrons. The number of aromatic nitrogens is 1. The predicted molar refractivity (Wildman–Crippen MR) is 94.2 cm³/mol. The van der Waals surface area contributed by atoms with Gasteiger partial charge in [0, 0.05) is 21.8 Å². The standard InChI is InChI=1S/C18H17Cl2FN2O2/c1-10(12-5-4-11(19)9-14(12)20)23-17(25)18(21)7-6-15(24)16-13(18)3-2-8-22-16/h2-5,8-10,15,24H,6-7H2,1H3,(H,23,25)/t10-,15-,18+/m1/s1. The maximum atomic E-state index is 15.6. The lowest BCUT2D eigenvalue weighted by atomic mass is 9.80. The maximum Gasteiger partial charge on any atom is 0.262 e. The number of halogens is 3. The molecule has 0 bridgehead atoms. The van der Waals surface area contributed by atoms with Crippen LogP contribution in [0.1, 0.15) is 48.7 Å². The van der Waals surface area contributed by atoms with Gasteiger partial charge in [-0.25, -0.2) is 4.39 Å². The summed E-state index contributed by atoms with van der Waals surface area (Å²) in [6, 6.07) is 7.47. The molecular weight excluding hydrogens is 366 g/mol. The Morgan fingerprint density at radius 3 is 2.92 bits per heavy atom. The highest BCUT2D eigenvalue weighted by Gasteiger charge is 2.47. The molecule has 2 N–H and O–H groups in total. The Hall–Kier alpha value is -1.69. The van der Waals surface area contributed by atoms with Crippen LogP contribution in [0.2, 0.25) is 10.0 Å². The van der Waals surface area contributed by atoms with Crippen molar-refractivity contribution in [3.05, 3.63) is 63.4 Å². The number of carbonyl (C=O) groups excluding carboxylic acids is 1. The van der Waals surface area contributed by atoms with Crippen molar-refractivity contribution in [3.63, 3.8) is 0 Å². The number of nitrogens with zero attached hydrogens (tertiary/aromatic N) is 1. The van der Waals surface area contributed by atoms with Crippen LogP contribution in [-0.4, -0.2) is 16.0 Å². The highest BCUT2D eigenvalue weighted by Crippen LogP contribution is 2.42. The second-order valence-corrected chi connectivity index (χ2v) is 7.00. The van der Waals surface area contributed by atoms with Crippen molar-refractivity contribution in [2.45, 2.75) is 37.6 Å². The van der Waals surface area contributed by atoms with Gasteiger partial charge in [0.15, 0.2) is 0 Å². The molecule has 3 atom stereocenters. The SMILES string of the molecule is C[C@@H](NC(=O)[C@]1(F)CC[C@@H](O)c2ncccc21)c1ccc(Cl)cc1Cl. The average molecular weight is 383 g/mol. The number of alkyl halides is 1. The molecule has 2 aromatic rings. The van der Waals surface area contributed by atoms with Crippen molar-refractivity contribution in [2.24, 2.45) is 0 Å². The predicted octanol–water partition coefficient (Wildman–Crippen LogP) is 4.26. The van der Waals surface area contributed by atoms with Gasteiger partial charge in [-0.3, -0.25) is 9.78 Å². The fraction of sp³-hybridized carbons (Fsp3) is 0.333. The van der Waals surface area contributed by atoms with Crippen LogP contribution in [0.25, 0.3) is 0 Å². The van der Waals surface area contributed by atoms with Crippen LogP contribution in [0.3, 0.4) is 0 Å². The van der Waals surface area contributed by atoms with Gasteiger partial charge in [-0.2, -0.15) is 0 Å². The Balaban J connectivity index is 1.87. The third-order valence-corrected chi connectivity index (χ3v) is 5.04. The van der Waals surface area contributed by atoms with Gasteiger partial charge in [-0.05, 0) is 43.5 Å². The van der Waals surface area contributed by atoms with Crippen LogP contribution in [0.4, 0.5) is 4.39 Å². The normalized spacial score (nSPS) is 23.6.